The van der Waals surface area contributed by atoms with Crippen LogP contribution in [0.25, 0.3) is 11.4 Å². The predicted molar refractivity (Wildman–Crippen MR) is 53.0 cm³/mol. The highest BCUT2D eigenvalue weighted by molar-refractivity contribution is 5.57. The van der Waals surface area contributed by atoms with E-state index in [0.717, 1.165) is 5.69 Å². The first kappa shape index (κ1) is 10.7. The number of aliphatic hydroxyl groups excluding tert-OH is 1. The molecule has 0 fully saturated rings. The highest BCUT2D eigenvalue weighted by atomic mass is 19.1. The molecule has 1 N–H and O–H groups in total. The molecule has 0 spiro atoms. The second kappa shape index (κ2) is 4.36. The van der Waals surface area contributed by atoms with E-state index in [1.165, 1.54) is 6.20 Å². The van der Waals surface area contributed by atoms with Crippen LogP contribution in [-0.4, -0.2) is 20.2 Å². The average molecular weight is 223 g/mol. The van der Waals surface area contributed by atoms with Gasteiger partial charge in [-0.25, -0.2) is 4.39 Å². The van der Waals surface area contributed by atoms with Crippen molar-refractivity contribution in [1.82, 2.24) is 15.1 Å². The number of aliphatic hydroxyl groups is 1. The number of nitrogens with zero attached hydrogens (tertiary/aromatic N) is 3. The fourth-order valence-corrected chi connectivity index (χ4v) is 1.33. The van der Waals surface area contributed by atoms with Crippen LogP contribution in [0, 0.1) is 6.92 Å². The lowest BCUT2D eigenvalue weighted by Crippen LogP contribution is -1.93. The molecule has 84 valence electrons. The molecule has 0 atom stereocenters. The molecule has 2 heterocycles. The zero-order valence-electron chi connectivity index (χ0n) is 8.64. The van der Waals surface area contributed by atoms with Crippen LogP contribution in [0.3, 0.4) is 0 Å². The maximum atomic E-state index is 12.5. The second-order valence-corrected chi connectivity index (χ2v) is 3.27. The normalized spacial score (nSPS) is 10.7. The predicted octanol–water partition coefficient (Wildman–Crippen LogP) is 1.40. The first-order valence-corrected chi connectivity index (χ1v) is 4.69. The van der Waals surface area contributed by atoms with Crippen LogP contribution in [0.15, 0.2) is 16.9 Å². The molecule has 0 unspecified atom stereocenters. The number of rotatable bonds is 3. The Hall–Kier alpha value is -1.82. The molecule has 2 aromatic rings. The Bertz CT molecular complexity index is 481. The fourth-order valence-electron chi connectivity index (χ4n) is 1.33. The minimum atomic E-state index is -0.803. The van der Waals surface area contributed by atoms with Crippen molar-refractivity contribution in [2.75, 3.05) is 0 Å². The van der Waals surface area contributed by atoms with Gasteiger partial charge in [-0.2, -0.15) is 0 Å². The molecule has 0 saturated heterocycles. The van der Waals surface area contributed by atoms with E-state index < -0.39 is 6.67 Å². The molecular weight excluding hydrogens is 213 g/mol. The van der Waals surface area contributed by atoms with Gasteiger partial charge in [-0.15, -0.1) is 0 Å². The van der Waals surface area contributed by atoms with Crippen LogP contribution in [-0.2, 0) is 13.3 Å². The van der Waals surface area contributed by atoms with Crippen molar-refractivity contribution in [3.8, 4) is 11.4 Å². The molecule has 0 radical (unpaired) electrons. The fraction of sp³-hybridized carbons (Fsp3) is 0.300. The third-order valence-corrected chi connectivity index (χ3v) is 2.17. The number of hydrogen-bond acceptors (Lipinski definition) is 5. The van der Waals surface area contributed by atoms with Gasteiger partial charge in [0.15, 0.2) is 12.4 Å². The van der Waals surface area contributed by atoms with Gasteiger partial charge in [0.2, 0.25) is 0 Å². The Morgan fingerprint density at radius 2 is 2.19 bits per heavy atom. The molecule has 0 bridgehead atoms. The summed E-state index contributed by atoms with van der Waals surface area (Å²) in [4.78, 5) is 8.13. The first-order valence-electron chi connectivity index (χ1n) is 4.69. The van der Waals surface area contributed by atoms with Crippen molar-refractivity contribution in [3.63, 3.8) is 0 Å². The first-order chi connectivity index (χ1) is 7.76. The van der Waals surface area contributed by atoms with E-state index in [9.17, 15) is 4.39 Å². The SMILES string of the molecule is Cc1cnc(-c2noc(CF)c2CO)cn1. The van der Waals surface area contributed by atoms with Crippen LogP contribution in [0.1, 0.15) is 17.0 Å². The van der Waals surface area contributed by atoms with Gasteiger partial charge in [0, 0.05) is 6.20 Å². The van der Waals surface area contributed by atoms with E-state index in [0.29, 0.717) is 17.0 Å². The summed E-state index contributed by atoms with van der Waals surface area (Å²) in [6.07, 6.45) is 3.08. The maximum absolute atomic E-state index is 12.5. The summed E-state index contributed by atoms with van der Waals surface area (Å²) < 4.78 is 17.3. The largest absolute Gasteiger partial charge is 0.391 e. The third kappa shape index (κ3) is 1.79. The molecule has 2 aromatic heterocycles. The molecule has 0 saturated carbocycles. The van der Waals surface area contributed by atoms with E-state index in [1.54, 1.807) is 13.1 Å². The lowest BCUT2D eigenvalue weighted by Gasteiger charge is -1.98. The van der Waals surface area contributed by atoms with E-state index in [2.05, 4.69) is 15.1 Å². The van der Waals surface area contributed by atoms with Gasteiger partial charge in [-0.3, -0.25) is 9.97 Å². The number of halogens is 1. The molecule has 0 aliphatic carbocycles. The molecular formula is C10H10FN3O2. The summed E-state index contributed by atoms with van der Waals surface area (Å²) in [6, 6.07) is 0. The van der Waals surface area contributed by atoms with Crippen molar-refractivity contribution in [2.24, 2.45) is 0 Å². The number of aromatic nitrogens is 3. The summed E-state index contributed by atoms with van der Waals surface area (Å²) in [5.74, 6) is 0.0277. The van der Waals surface area contributed by atoms with E-state index in [1.807, 2.05) is 0 Å². The number of hydrogen-bond donors (Lipinski definition) is 1. The Morgan fingerprint density at radius 3 is 2.75 bits per heavy atom. The van der Waals surface area contributed by atoms with Crippen LogP contribution >= 0.6 is 0 Å². The van der Waals surface area contributed by atoms with E-state index >= 15 is 0 Å². The minimum Gasteiger partial charge on any atom is -0.391 e. The minimum absolute atomic E-state index is 0.0277. The molecule has 2 rings (SSSR count). The Kier molecular flexibility index (Phi) is 2.91. The highest BCUT2D eigenvalue weighted by Crippen LogP contribution is 2.24. The molecule has 6 heteroatoms. The average Bonchev–Trinajstić information content (AvgIpc) is 2.72. The summed E-state index contributed by atoms with van der Waals surface area (Å²) in [6.45, 7) is 0.662. The van der Waals surface area contributed by atoms with Crippen molar-refractivity contribution in [1.29, 1.82) is 0 Å². The second-order valence-electron chi connectivity index (χ2n) is 3.27. The third-order valence-electron chi connectivity index (χ3n) is 2.17. The number of aryl methyl sites for hydroxylation is 1. The van der Waals surface area contributed by atoms with Crippen LogP contribution in [0.5, 0.6) is 0 Å². The summed E-state index contributed by atoms with van der Waals surface area (Å²) >= 11 is 0. The maximum Gasteiger partial charge on any atom is 0.173 e. The van der Waals surface area contributed by atoms with Gasteiger partial charge in [0.25, 0.3) is 0 Å². The Labute approximate surface area is 90.9 Å². The topological polar surface area (TPSA) is 72.0 Å². The van der Waals surface area contributed by atoms with E-state index in [4.69, 9.17) is 9.63 Å². The molecule has 0 amide bonds. The van der Waals surface area contributed by atoms with Gasteiger partial charge in [0.05, 0.1) is 24.1 Å². The standard InChI is InChI=1S/C10H10FN3O2/c1-6-3-13-8(4-12-6)10-7(5-15)9(2-11)16-14-10/h3-4,15H,2,5H2,1H3. The van der Waals surface area contributed by atoms with Crippen LogP contribution in [0.2, 0.25) is 0 Å². The number of alkyl halides is 1. The lowest BCUT2D eigenvalue weighted by molar-refractivity contribution is 0.270. The molecule has 5 nitrogen and oxygen atoms in total. The zero-order valence-corrected chi connectivity index (χ0v) is 8.64. The van der Waals surface area contributed by atoms with Gasteiger partial charge in [0.1, 0.15) is 11.4 Å². The van der Waals surface area contributed by atoms with Crippen molar-refractivity contribution >= 4 is 0 Å². The van der Waals surface area contributed by atoms with Crippen LogP contribution < -0.4 is 0 Å². The van der Waals surface area contributed by atoms with Crippen LogP contribution in [0.4, 0.5) is 4.39 Å². The van der Waals surface area contributed by atoms with E-state index in [-0.39, 0.29) is 12.4 Å². The summed E-state index contributed by atoms with van der Waals surface area (Å²) in [7, 11) is 0. The molecule has 0 aliphatic heterocycles. The zero-order chi connectivity index (χ0) is 11.5. The quantitative estimate of drug-likeness (QED) is 0.851. The van der Waals surface area contributed by atoms with Crippen molar-refractivity contribution in [3.05, 3.63) is 29.4 Å². The molecule has 0 aliphatic rings. The summed E-state index contributed by atoms with van der Waals surface area (Å²) in [5.41, 5.74) is 1.88. The monoisotopic (exact) mass is 223 g/mol. The summed E-state index contributed by atoms with van der Waals surface area (Å²) in [5, 5.41) is 12.8. The Morgan fingerprint density at radius 1 is 1.38 bits per heavy atom. The van der Waals surface area contributed by atoms with Gasteiger partial charge in [-0.05, 0) is 6.92 Å². The Balaban J connectivity index is 2.47. The molecule has 0 aromatic carbocycles. The van der Waals surface area contributed by atoms with Gasteiger partial charge in [-0.1, -0.05) is 5.16 Å². The van der Waals surface area contributed by atoms with Gasteiger partial charge >= 0.3 is 0 Å². The smallest absolute Gasteiger partial charge is 0.173 e. The van der Waals surface area contributed by atoms with Crippen molar-refractivity contribution in [2.45, 2.75) is 20.2 Å². The molecule has 16 heavy (non-hydrogen) atoms. The van der Waals surface area contributed by atoms with Crippen molar-refractivity contribution < 1.29 is 14.0 Å². The van der Waals surface area contributed by atoms with Gasteiger partial charge < -0.3 is 9.63 Å². The highest BCUT2D eigenvalue weighted by Gasteiger charge is 2.17. The lowest BCUT2D eigenvalue weighted by atomic mass is 10.1.